The topological polar surface area (TPSA) is 44.0 Å². The Morgan fingerprint density at radius 1 is 1.00 bits per heavy atom. The molecule has 118 valence electrons. The zero-order chi connectivity index (χ0) is 16.7. The summed E-state index contributed by atoms with van der Waals surface area (Å²) in [6.07, 6.45) is -4.74. The van der Waals surface area contributed by atoms with Crippen molar-refractivity contribution >= 4 is 0 Å². The fraction of sp³-hybridized carbons (Fsp3) is 0.333. The van der Waals surface area contributed by atoms with Crippen molar-refractivity contribution in [1.29, 1.82) is 0 Å². The third kappa shape index (κ3) is 3.13. The minimum atomic E-state index is -4.74. The molecular formula is C15H15F3N2O2. The SMILES string of the molecule is Cc1cc(C)cc(Cn2c(=O)cc(C(F)(F)F)n(C)c2=O)c1. The van der Waals surface area contributed by atoms with Crippen LogP contribution in [0.4, 0.5) is 13.2 Å². The Bertz CT molecular complexity index is 812. The first-order valence-corrected chi connectivity index (χ1v) is 6.55. The van der Waals surface area contributed by atoms with Crippen LogP contribution in [-0.2, 0) is 19.8 Å². The van der Waals surface area contributed by atoms with E-state index in [0.29, 0.717) is 16.2 Å². The van der Waals surface area contributed by atoms with Crippen LogP contribution in [0.5, 0.6) is 0 Å². The lowest BCUT2D eigenvalue weighted by Crippen LogP contribution is -2.41. The van der Waals surface area contributed by atoms with E-state index >= 15 is 0 Å². The number of rotatable bonds is 2. The second kappa shape index (κ2) is 5.47. The number of aromatic nitrogens is 2. The van der Waals surface area contributed by atoms with Gasteiger partial charge in [-0.1, -0.05) is 29.3 Å². The summed E-state index contributed by atoms with van der Waals surface area (Å²) in [6.45, 7) is 3.67. The zero-order valence-electron chi connectivity index (χ0n) is 12.4. The number of hydrogen-bond donors (Lipinski definition) is 0. The molecule has 0 saturated heterocycles. The zero-order valence-corrected chi connectivity index (χ0v) is 12.4. The Labute approximate surface area is 124 Å². The van der Waals surface area contributed by atoms with Crippen molar-refractivity contribution in [3.05, 3.63) is 67.5 Å². The smallest absolute Gasteiger partial charge is 0.292 e. The Kier molecular flexibility index (Phi) is 4.00. The van der Waals surface area contributed by atoms with E-state index in [1.165, 1.54) is 0 Å². The molecular weight excluding hydrogens is 297 g/mol. The van der Waals surface area contributed by atoms with Gasteiger partial charge in [-0.25, -0.2) is 4.79 Å². The molecule has 0 radical (unpaired) electrons. The lowest BCUT2D eigenvalue weighted by Gasteiger charge is -2.14. The van der Waals surface area contributed by atoms with Gasteiger partial charge in [-0.2, -0.15) is 13.2 Å². The average Bonchev–Trinajstić information content (AvgIpc) is 2.36. The molecule has 7 heteroatoms. The van der Waals surface area contributed by atoms with Gasteiger partial charge in [0.15, 0.2) is 0 Å². The van der Waals surface area contributed by atoms with Gasteiger partial charge in [-0.3, -0.25) is 13.9 Å². The van der Waals surface area contributed by atoms with Crippen molar-refractivity contribution in [2.24, 2.45) is 7.05 Å². The van der Waals surface area contributed by atoms with Gasteiger partial charge in [-0.05, 0) is 19.4 Å². The highest BCUT2D eigenvalue weighted by molar-refractivity contribution is 5.28. The highest BCUT2D eigenvalue weighted by Gasteiger charge is 2.34. The summed E-state index contributed by atoms with van der Waals surface area (Å²) in [7, 11) is 1.00. The van der Waals surface area contributed by atoms with Crippen LogP contribution in [0.15, 0.2) is 33.9 Å². The monoisotopic (exact) mass is 312 g/mol. The molecule has 0 N–H and O–H groups in total. The van der Waals surface area contributed by atoms with Gasteiger partial charge in [0.25, 0.3) is 5.56 Å². The van der Waals surface area contributed by atoms with E-state index in [9.17, 15) is 22.8 Å². The van der Waals surface area contributed by atoms with Crippen LogP contribution in [-0.4, -0.2) is 9.13 Å². The molecule has 0 bridgehead atoms. The van der Waals surface area contributed by atoms with Crippen molar-refractivity contribution in [2.75, 3.05) is 0 Å². The molecule has 0 atom stereocenters. The first kappa shape index (κ1) is 16.1. The lowest BCUT2D eigenvalue weighted by atomic mass is 10.1. The standard InChI is InChI=1S/C15H15F3N2O2/c1-9-4-10(2)6-11(5-9)8-20-13(21)7-12(15(16,17)18)19(3)14(20)22/h4-7H,8H2,1-3H3. The second-order valence-electron chi connectivity index (χ2n) is 5.29. The van der Waals surface area contributed by atoms with Gasteiger partial charge in [0.1, 0.15) is 5.69 Å². The van der Waals surface area contributed by atoms with Gasteiger partial charge in [0, 0.05) is 13.1 Å². The Morgan fingerprint density at radius 3 is 2.05 bits per heavy atom. The fourth-order valence-corrected chi connectivity index (χ4v) is 2.43. The Morgan fingerprint density at radius 2 is 1.55 bits per heavy atom. The number of hydrogen-bond acceptors (Lipinski definition) is 2. The van der Waals surface area contributed by atoms with Gasteiger partial charge in [0.2, 0.25) is 0 Å². The van der Waals surface area contributed by atoms with Gasteiger partial charge >= 0.3 is 11.9 Å². The highest BCUT2D eigenvalue weighted by Crippen LogP contribution is 2.26. The van der Waals surface area contributed by atoms with Crippen LogP contribution in [0, 0.1) is 13.8 Å². The van der Waals surface area contributed by atoms with Crippen molar-refractivity contribution < 1.29 is 13.2 Å². The average molecular weight is 312 g/mol. The molecule has 0 amide bonds. The molecule has 0 saturated carbocycles. The predicted molar refractivity (Wildman–Crippen MR) is 76.0 cm³/mol. The normalized spacial score (nSPS) is 11.7. The van der Waals surface area contributed by atoms with E-state index in [1.807, 2.05) is 19.9 Å². The molecule has 0 aliphatic heterocycles. The van der Waals surface area contributed by atoms with E-state index in [2.05, 4.69) is 0 Å². The summed E-state index contributed by atoms with van der Waals surface area (Å²) in [5.74, 6) is 0. The molecule has 0 aliphatic carbocycles. The molecule has 1 aromatic heterocycles. The van der Waals surface area contributed by atoms with E-state index in [-0.39, 0.29) is 6.54 Å². The third-order valence-electron chi connectivity index (χ3n) is 3.32. The molecule has 2 aromatic rings. The molecule has 0 fully saturated rings. The van der Waals surface area contributed by atoms with Gasteiger partial charge in [0.05, 0.1) is 6.54 Å². The highest BCUT2D eigenvalue weighted by atomic mass is 19.4. The van der Waals surface area contributed by atoms with Crippen LogP contribution in [0.2, 0.25) is 0 Å². The van der Waals surface area contributed by atoms with Crippen molar-refractivity contribution in [3.8, 4) is 0 Å². The quantitative estimate of drug-likeness (QED) is 0.853. The maximum atomic E-state index is 12.8. The van der Waals surface area contributed by atoms with Gasteiger partial charge in [-0.15, -0.1) is 0 Å². The number of nitrogens with zero attached hydrogens (tertiary/aromatic N) is 2. The molecule has 0 unspecified atom stereocenters. The number of alkyl halides is 3. The Hall–Kier alpha value is -2.31. The van der Waals surface area contributed by atoms with E-state index in [4.69, 9.17) is 0 Å². The number of aryl methyl sites for hydroxylation is 2. The molecule has 4 nitrogen and oxygen atoms in total. The fourth-order valence-electron chi connectivity index (χ4n) is 2.43. The number of benzene rings is 1. The third-order valence-corrected chi connectivity index (χ3v) is 3.32. The van der Waals surface area contributed by atoms with Crippen LogP contribution in [0.25, 0.3) is 0 Å². The molecule has 22 heavy (non-hydrogen) atoms. The summed E-state index contributed by atoms with van der Waals surface area (Å²) in [4.78, 5) is 23.9. The minimum absolute atomic E-state index is 0.0633. The molecule has 0 spiro atoms. The molecule has 2 rings (SSSR count). The second-order valence-corrected chi connectivity index (χ2v) is 5.29. The summed E-state index contributed by atoms with van der Waals surface area (Å²) >= 11 is 0. The maximum absolute atomic E-state index is 12.8. The van der Waals surface area contributed by atoms with E-state index in [0.717, 1.165) is 22.7 Å². The minimum Gasteiger partial charge on any atom is -0.292 e. The molecule has 1 aromatic carbocycles. The van der Waals surface area contributed by atoms with E-state index in [1.54, 1.807) is 12.1 Å². The Balaban J connectivity index is 2.56. The lowest BCUT2D eigenvalue weighted by molar-refractivity contribution is -0.144. The summed E-state index contributed by atoms with van der Waals surface area (Å²) in [5.41, 5.74) is -0.609. The van der Waals surface area contributed by atoms with Crippen molar-refractivity contribution in [1.82, 2.24) is 9.13 Å². The largest absolute Gasteiger partial charge is 0.431 e. The summed E-state index contributed by atoms with van der Waals surface area (Å²) in [5, 5.41) is 0. The molecule has 1 heterocycles. The predicted octanol–water partition coefficient (Wildman–Crippen LogP) is 2.23. The first-order chi connectivity index (χ1) is 10.1. The van der Waals surface area contributed by atoms with Crippen LogP contribution < -0.4 is 11.2 Å². The van der Waals surface area contributed by atoms with Crippen LogP contribution >= 0.6 is 0 Å². The summed E-state index contributed by atoms with van der Waals surface area (Å²) < 4.78 is 39.5. The van der Waals surface area contributed by atoms with Gasteiger partial charge < -0.3 is 0 Å². The molecule has 0 aliphatic rings. The van der Waals surface area contributed by atoms with Crippen molar-refractivity contribution in [3.63, 3.8) is 0 Å². The van der Waals surface area contributed by atoms with Crippen LogP contribution in [0.1, 0.15) is 22.4 Å². The maximum Gasteiger partial charge on any atom is 0.431 e. The first-order valence-electron chi connectivity index (χ1n) is 6.55. The number of halogens is 3. The van der Waals surface area contributed by atoms with Crippen molar-refractivity contribution in [2.45, 2.75) is 26.6 Å². The van der Waals surface area contributed by atoms with Crippen LogP contribution in [0.3, 0.4) is 0 Å². The summed E-state index contributed by atoms with van der Waals surface area (Å²) in [6, 6.07) is 5.95. The van der Waals surface area contributed by atoms with E-state index < -0.39 is 23.1 Å².